The average Bonchev–Trinajstić information content (AvgIpc) is 2.76. The van der Waals surface area contributed by atoms with Gasteiger partial charge in [-0.15, -0.1) is 0 Å². The molecule has 0 aliphatic carbocycles. The molecule has 0 aliphatic heterocycles. The molecule has 0 saturated carbocycles. The minimum absolute atomic E-state index is 0.194. The van der Waals surface area contributed by atoms with Gasteiger partial charge in [0.15, 0.2) is 5.13 Å². The second kappa shape index (κ2) is 5.36. The second-order valence-electron chi connectivity index (χ2n) is 3.34. The number of carboxylic acids is 1. The van der Waals surface area contributed by atoms with Crippen LogP contribution in [-0.2, 0) is 0 Å². The maximum atomic E-state index is 10.7. The molecule has 0 unspecified atom stereocenters. The zero-order valence-corrected chi connectivity index (χ0v) is 11.7. The highest BCUT2D eigenvalue weighted by Crippen LogP contribution is 2.28. The van der Waals surface area contributed by atoms with Gasteiger partial charge in [-0.3, -0.25) is 0 Å². The molecule has 1 aromatic carbocycles. The number of anilines is 2. The van der Waals surface area contributed by atoms with Crippen LogP contribution in [-0.4, -0.2) is 23.2 Å². The van der Waals surface area contributed by atoms with Gasteiger partial charge in [-0.2, -0.15) is 0 Å². The lowest BCUT2D eigenvalue weighted by Crippen LogP contribution is -1.91. The molecule has 0 amide bonds. The standard InChI is InChI=1S/C11H9BrN2O3S/c1-17-8-3-6(12)2-7(4-8)14-11-13-5-9(18-11)10(15)16/h2-5H,1H3,(H,13,14)(H,15,16). The van der Waals surface area contributed by atoms with Crippen molar-refractivity contribution >= 4 is 44.1 Å². The van der Waals surface area contributed by atoms with Crippen LogP contribution in [0.25, 0.3) is 0 Å². The molecule has 18 heavy (non-hydrogen) atoms. The molecule has 2 N–H and O–H groups in total. The first-order chi connectivity index (χ1) is 8.58. The van der Waals surface area contributed by atoms with E-state index < -0.39 is 5.97 Å². The minimum atomic E-state index is -0.979. The van der Waals surface area contributed by atoms with Crippen LogP contribution in [0.3, 0.4) is 0 Å². The topological polar surface area (TPSA) is 71.5 Å². The SMILES string of the molecule is COc1cc(Br)cc(Nc2ncc(C(=O)O)s2)c1. The van der Waals surface area contributed by atoms with E-state index in [0.29, 0.717) is 10.9 Å². The van der Waals surface area contributed by atoms with E-state index in [2.05, 4.69) is 26.2 Å². The number of ether oxygens (including phenoxy) is 1. The summed E-state index contributed by atoms with van der Waals surface area (Å²) in [6, 6.07) is 5.48. The summed E-state index contributed by atoms with van der Waals surface area (Å²) in [5, 5.41) is 12.4. The van der Waals surface area contributed by atoms with Crippen LogP contribution in [0.1, 0.15) is 9.67 Å². The first-order valence-electron chi connectivity index (χ1n) is 4.89. The highest BCUT2D eigenvalue weighted by Gasteiger charge is 2.09. The molecule has 5 nitrogen and oxygen atoms in total. The van der Waals surface area contributed by atoms with Crippen LogP contribution < -0.4 is 10.1 Å². The molecule has 0 spiro atoms. The zero-order chi connectivity index (χ0) is 13.1. The van der Waals surface area contributed by atoms with Gasteiger partial charge in [0.05, 0.1) is 13.3 Å². The summed E-state index contributed by atoms with van der Waals surface area (Å²) in [5.41, 5.74) is 0.771. The molecular formula is C11H9BrN2O3S. The summed E-state index contributed by atoms with van der Waals surface area (Å²) in [6.45, 7) is 0. The minimum Gasteiger partial charge on any atom is -0.497 e. The van der Waals surface area contributed by atoms with Crippen molar-refractivity contribution in [1.82, 2.24) is 4.98 Å². The lowest BCUT2D eigenvalue weighted by atomic mass is 10.3. The van der Waals surface area contributed by atoms with Crippen LogP contribution in [0.2, 0.25) is 0 Å². The molecule has 0 radical (unpaired) electrons. The van der Waals surface area contributed by atoms with E-state index in [0.717, 1.165) is 21.5 Å². The Labute approximate surface area is 116 Å². The van der Waals surface area contributed by atoms with Crippen molar-refractivity contribution in [2.75, 3.05) is 12.4 Å². The number of nitrogens with one attached hydrogen (secondary N) is 1. The third-order valence-corrected chi connectivity index (χ3v) is 3.43. The summed E-state index contributed by atoms with van der Waals surface area (Å²) < 4.78 is 6.00. The number of benzene rings is 1. The average molecular weight is 329 g/mol. The van der Waals surface area contributed by atoms with Gasteiger partial charge >= 0.3 is 5.97 Å². The fraction of sp³-hybridized carbons (Fsp3) is 0.0909. The van der Waals surface area contributed by atoms with E-state index in [4.69, 9.17) is 9.84 Å². The lowest BCUT2D eigenvalue weighted by Gasteiger charge is -2.06. The predicted octanol–water partition coefficient (Wildman–Crippen LogP) is 3.36. The van der Waals surface area contributed by atoms with Crippen molar-refractivity contribution in [2.24, 2.45) is 0 Å². The fourth-order valence-corrected chi connectivity index (χ4v) is 2.45. The number of nitrogens with zero attached hydrogens (tertiary/aromatic N) is 1. The number of hydrogen-bond acceptors (Lipinski definition) is 5. The third kappa shape index (κ3) is 2.99. The van der Waals surface area contributed by atoms with E-state index in [1.165, 1.54) is 6.20 Å². The van der Waals surface area contributed by atoms with Crippen LogP contribution in [0.4, 0.5) is 10.8 Å². The largest absolute Gasteiger partial charge is 0.497 e. The Morgan fingerprint density at radius 1 is 1.50 bits per heavy atom. The van der Waals surface area contributed by atoms with Gasteiger partial charge in [0.25, 0.3) is 0 Å². The lowest BCUT2D eigenvalue weighted by molar-refractivity contribution is 0.0702. The summed E-state index contributed by atoms with van der Waals surface area (Å²) in [7, 11) is 1.58. The van der Waals surface area contributed by atoms with Crippen LogP contribution in [0.15, 0.2) is 28.9 Å². The molecule has 0 fully saturated rings. The first-order valence-corrected chi connectivity index (χ1v) is 6.50. The van der Waals surface area contributed by atoms with Crippen molar-refractivity contribution in [2.45, 2.75) is 0 Å². The highest BCUT2D eigenvalue weighted by molar-refractivity contribution is 9.10. The Bertz CT molecular complexity index is 585. The van der Waals surface area contributed by atoms with Gasteiger partial charge in [0, 0.05) is 16.2 Å². The number of carboxylic acid groups (broad SMARTS) is 1. The zero-order valence-electron chi connectivity index (χ0n) is 9.31. The number of aromatic nitrogens is 1. The van der Waals surface area contributed by atoms with E-state index in [1.54, 1.807) is 13.2 Å². The molecule has 0 atom stereocenters. The molecule has 2 rings (SSSR count). The Kier molecular flexibility index (Phi) is 3.83. The number of carbonyl (C=O) groups is 1. The van der Waals surface area contributed by atoms with E-state index in [1.807, 2.05) is 12.1 Å². The van der Waals surface area contributed by atoms with Crippen molar-refractivity contribution < 1.29 is 14.6 Å². The monoisotopic (exact) mass is 328 g/mol. The van der Waals surface area contributed by atoms with Crippen LogP contribution in [0.5, 0.6) is 5.75 Å². The maximum Gasteiger partial charge on any atom is 0.347 e. The van der Waals surface area contributed by atoms with Crippen molar-refractivity contribution in [3.63, 3.8) is 0 Å². The Hall–Kier alpha value is -1.60. The first kappa shape index (κ1) is 12.8. The Balaban J connectivity index is 2.22. The molecule has 7 heteroatoms. The van der Waals surface area contributed by atoms with Gasteiger partial charge in [-0.05, 0) is 12.1 Å². The van der Waals surface area contributed by atoms with Crippen molar-refractivity contribution in [3.8, 4) is 5.75 Å². The maximum absolute atomic E-state index is 10.7. The van der Waals surface area contributed by atoms with Gasteiger partial charge in [0.1, 0.15) is 10.6 Å². The molecule has 1 aromatic heterocycles. The van der Waals surface area contributed by atoms with Gasteiger partial charge in [-0.1, -0.05) is 27.3 Å². The summed E-state index contributed by atoms with van der Waals surface area (Å²) in [6.07, 6.45) is 1.32. The fourth-order valence-electron chi connectivity index (χ4n) is 1.31. The number of aromatic carboxylic acids is 1. The summed E-state index contributed by atoms with van der Waals surface area (Å²) in [5.74, 6) is -0.283. The smallest absolute Gasteiger partial charge is 0.347 e. The van der Waals surface area contributed by atoms with E-state index in [9.17, 15) is 4.79 Å². The van der Waals surface area contributed by atoms with Gasteiger partial charge in [-0.25, -0.2) is 9.78 Å². The van der Waals surface area contributed by atoms with Crippen LogP contribution >= 0.6 is 27.3 Å². The quantitative estimate of drug-likeness (QED) is 0.900. The summed E-state index contributed by atoms with van der Waals surface area (Å²) in [4.78, 5) is 14.9. The van der Waals surface area contributed by atoms with E-state index in [-0.39, 0.29) is 4.88 Å². The number of thiazole rings is 1. The molecule has 0 saturated heterocycles. The predicted molar refractivity (Wildman–Crippen MR) is 73.1 cm³/mol. The van der Waals surface area contributed by atoms with E-state index >= 15 is 0 Å². The molecular weight excluding hydrogens is 320 g/mol. The Morgan fingerprint density at radius 2 is 2.28 bits per heavy atom. The molecule has 1 heterocycles. The van der Waals surface area contributed by atoms with Gasteiger partial charge in [0.2, 0.25) is 0 Å². The molecule has 0 bridgehead atoms. The highest BCUT2D eigenvalue weighted by atomic mass is 79.9. The number of halogens is 1. The molecule has 94 valence electrons. The van der Waals surface area contributed by atoms with Crippen molar-refractivity contribution in [1.29, 1.82) is 0 Å². The third-order valence-electron chi connectivity index (χ3n) is 2.07. The molecule has 0 aliphatic rings. The second-order valence-corrected chi connectivity index (χ2v) is 5.29. The van der Waals surface area contributed by atoms with Crippen molar-refractivity contribution in [3.05, 3.63) is 33.7 Å². The van der Waals surface area contributed by atoms with Crippen LogP contribution in [0, 0.1) is 0 Å². The Morgan fingerprint density at radius 3 is 2.89 bits per heavy atom. The number of hydrogen-bond donors (Lipinski definition) is 2. The number of methoxy groups -OCH3 is 1. The van der Waals surface area contributed by atoms with Gasteiger partial charge < -0.3 is 15.2 Å². The number of rotatable bonds is 4. The summed E-state index contributed by atoms with van der Waals surface area (Å²) >= 11 is 4.44. The normalized spacial score (nSPS) is 10.1. The molecule has 2 aromatic rings.